The van der Waals surface area contributed by atoms with E-state index < -0.39 is 5.82 Å². The Morgan fingerprint density at radius 3 is 2.82 bits per heavy atom. The summed E-state index contributed by atoms with van der Waals surface area (Å²) in [6.07, 6.45) is 3.46. The number of carbonyl (C=O) groups is 1. The van der Waals surface area contributed by atoms with E-state index in [4.69, 9.17) is 5.73 Å². The van der Waals surface area contributed by atoms with Crippen LogP contribution in [0.5, 0.6) is 0 Å². The molecule has 1 aromatic heterocycles. The number of hydrogen-bond acceptors (Lipinski definition) is 3. The van der Waals surface area contributed by atoms with Crippen LogP contribution in [-0.2, 0) is 6.42 Å². The normalized spacial score (nSPS) is 10.2. The quantitative estimate of drug-likeness (QED) is 0.649. The Bertz CT molecular complexity index is 540. The van der Waals surface area contributed by atoms with Crippen molar-refractivity contribution in [3.05, 3.63) is 59.7 Å². The van der Waals surface area contributed by atoms with Gasteiger partial charge in [-0.3, -0.25) is 9.78 Å². The molecule has 0 aliphatic heterocycles. The Hall–Kier alpha value is -2.23. The number of aromatic nitrogens is 1. The Balaban J connectivity index is 2.18. The predicted octanol–water partition coefficient (Wildman–Crippen LogP) is 2.23. The molecule has 1 heterocycles. The molecule has 4 heteroatoms. The lowest BCUT2D eigenvalue weighted by molar-refractivity contribution is 0.0992. The van der Waals surface area contributed by atoms with E-state index in [2.05, 4.69) is 4.98 Å². The maximum Gasteiger partial charge on any atom is 0.167 e. The van der Waals surface area contributed by atoms with Crippen LogP contribution in [0, 0.1) is 5.82 Å². The molecule has 0 bridgehead atoms. The van der Waals surface area contributed by atoms with E-state index in [9.17, 15) is 9.18 Å². The number of benzene rings is 1. The molecule has 0 saturated heterocycles. The van der Waals surface area contributed by atoms with Crippen LogP contribution in [0.15, 0.2) is 42.7 Å². The topological polar surface area (TPSA) is 56.0 Å². The number of Topliss-reactive ketones (excluding diaryl/α,β-unsaturated/α-hetero) is 1. The highest BCUT2D eigenvalue weighted by Crippen LogP contribution is 2.14. The Kier molecular flexibility index (Phi) is 3.14. The lowest BCUT2D eigenvalue weighted by Crippen LogP contribution is -2.05. The number of halogens is 1. The van der Waals surface area contributed by atoms with Crippen molar-refractivity contribution in [3.63, 3.8) is 0 Å². The van der Waals surface area contributed by atoms with Crippen LogP contribution in [0.1, 0.15) is 15.9 Å². The lowest BCUT2D eigenvalue weighted by Gasteiger charge is -2.02. The minimum absolute atomic E-state index is 0.0444. The van der Waals surface area contributed by atoms with Gasteiger partial charge in [0.2, 0.25) is 0 Å². The summed E-state index contributed by atoms with van der Waals surface area (Å²) in [4.78, 5) is 15.8. The summed E-state index contributed by atoms with van der Waals surface area (Å²) in [6.45, 7) is 0. The molecule has 3 nitrogen and oxygen atoms in total. The van der Waals surface area contributed by atoms with Gasteiger partial charge >= 0.3 is 0 Å². The van der Waals surface area contributed by atoms with E-state index in [1.54, 1.807) is 24.5 Å². The molecule has 2 N–H and O–H groups in total. The zero-order valence-electron chi connectivity index (χ0n) is 9.06. The summed E-state index contributed by atoms with van der Waals surface area (Å²) < 4.78 is 13.2. The highest BCUT2D eigenvalue weighted by molar-refractivity contribution is 5.97. The molecule has 0 radical (unpaired) electrons. The van der Waals surface area contributed by atoms with Gasteiger partial charge < -0.3 is 5.73 Å². The van der Waals surface area contributed by atoms with Crippen molar-refractivity contribution >= 4 is 11.5 Å². The number of pyridine rings is 1. The van der Waals surface area contributed by atoms with E-state index in [0.29, 0.717) is 5.56 Å². The number of carbonyl (C=O) groups excluding carboxylic acids is 1. The third-order valence-corrected chi connectivity index (χ3v) is 2.41. The van der Waals surface area contributed by atoms with Gasteiger partial charge in [0.1, 0.15) is 5.82 Å². The molecule has 0 atom stereocenters. The highest BCUT2D eigenvalue weighted by Gasteiger charge is 2.09. The van der Waals surface area contributed by atoms with Crippen LogP contribution in [0.25, 0.3) is 0 Å². The second-order valence-electron chi connectivity index (χ2n) is 3.70. The minimum Gasteiger partial charge on any atom is -0.396 e. The van der Waals surface area contributed by atoms with Crippen molar-refractivity contribution in [2.45, 2.75) is 6.42 Å². The molecule has 0 fully saturated rings. The largest absolute Gasteiger partial charge is 0.396 e. The van der Waals surface area contributed by atoms with Crippen molar-refractivity contribution in [1.29, 1.82) is 0 Å². The molecular formula is C13H11FN2O. The van der Waals surface area contributed by atoms with Gasteiger partial charge in [-0.25, -0.2) is 4.39 Å². The first-order valence-corrected chi connectivity index (χ1v) is 5.14. The predicted molar refractivity (Wildman–Crippen MR) is 63.1 cm³/mol. The Labute approximate surface area is 98.1 Å². The van der Waals surface area contributed by atoms with E-state index in [0.717, 1.165) is 11.6 Å². The minimum atomic E-state index is -0.568. The summed E-state index contributed by atoms with van der Waals surface area (Å²) in [5, 5.41) is 0. The zero-order valence-corrected chi connectivity index (χ0v) is 9.06. The molecule has 0 aliphatic rings. The maximum absolute atomic E-state index is 13.2. The first-order chi connectivity index (χ1) is 8.16. The fraction of sp³-hybridized carbons (Fsp3) is 0.0769. The summed E-state index contributed by atoms with van der Waals surface area (Å²) in [5.41, 5.74) is 6.51. The second-order valence-corrected chi connectivity index (χ2v) is 3.70. The molecule has 0 saturated carbocycles. The van der Waals surface area contributed by atoms with Crippen LogP contribution in [0.3, 0.4) is 0 Å². The van der Waals surface area contributed by atoms with Gasteiger partial charge in [-0.2, -0.15) is 0 Å². The number of nitrogen functional groups attached to an aromatic ring is 1. The smallest absolute Gasteiger partial charge is 0.167 e. The van der Waals surface area contributed by atoms with Gasteiger partial charge in [-0.15, -0.1) is 0 Å². The summed E-state index contributed by atoms with van der Waals surface area (Å²) in [6, 6.07) is 7.64. The molecule has 0 spiro atoms. The van der Waals surface area contributed by atoms with Crippen molar-refractivity contribution in [1.82, 2.24) is 4.98 Å². The maximum atomic E-state index is 13.2. The fourth-order valence-corrected chi connectivity index (χ4v) is 1.49. The third kappa shape index (κ3) is 2.66. The third-order valence-electron chi connectivity index (χ3n) is 2.41. The van der Waals surface area contributed by atoms with Crippen molar-refractivity contribution in [2.24, 2.45) is 0 Å². The number of nitrogens with two attached hydrogens (primary N) is 1. The molecule has 2 rings (SSSR count). The monoisotopic (exact) mass is 230 g/mol. The highest BCUT2D eigenvalue weighted by atomic mass is 19.1. The van der Waals surface area contributed by atoms with Crippen molar-refractivity contribution < 1.29 is 9.18 Å². The fourth-order valence-electron chi connectivity index (χ4n) is 1.49. The van der Waals surface area contributed by atoms with Crippen molar-refractivity contribution in [2.75, 3.05) is 5.73 Å². The molecular weight excluding hydrogens is 219 g/mol. The molecule has 0 amide bonds. The van der Waals surface area contributed by atoms with Gasteiger partial charge in [0.05, 0.1) is 5.69 Å². The Morgan fingerprint density at radius 1 is 1.35 bits per heavy atom. The van der Waals surface area contributed by atoms with Crippen LogP contribution in [-0.4, -0.2) is 10.8 Å². The van der Waals surface area contributed by atoms with E-state index in [-0.39, 0.29) is 17.9 Å². The number of ketones is 1. The summed E-state index contributed by atoms with van der Waals surface area (Å²) >= 11 is 0. The first-order valence-electron chi connectivity index (χ1n) is 5.14. The van der Waals surface area contributed by atoms with Gasteiger partial charge in [-0.05, 0) is 29.8 Å². The molecule has 86 valence electrons. The van der Waals surface area contributed by atoms with Crippen LogP contribution in [0.2, 0.25) is 0 Å². The Morgan fingerprint density at radius 2 is 2.18 bits per heavy atom. The number of hydrogen-bond donors (Lipinski definition) is 1. The number of anilines is 1. The number of rotatable bonds is 3. The van der Waals surface area contributed by atoms with E-state index >= 15 is 0 Å². The van der Waals surface area contributed by atoms with E-state index in [1.807, 2.05) is 0 Å². The zero-order chi connectivity index (χ0) is 12.3. The summed E-state index contributed by atoms with van der Waals surface area (Å²) in [7, 11) is 0. The molecule has 0 unspecified atom stereocenters. The summed E-state index contributed by atoms with van der Waals surface area (Å²) in [5.74, 6) is -0.723. The van der Waals surface area contributed by atoms with Gasteiger partial charge in [0.15, 0.2) is 5.78 Å². The standard InChI is InChI=1S/C13H11FN2O/c14-11-7-10(3-4-12(11)15)13(17)6-9-2-1-5-16-8-9/h1-5,7-8H,6,15H2. The first kappa shape index (κ1) is 11.3. The molecule has 17 heavy (non-hydrogen) atoms. The molecule has 0 aliphatic carbocycles. The van der Waals surface area contributed by atoms with Crippen molar-refractivity contribution in [3.8, 4) is 0 Å². The molecule has 2 aromatic rings. The number of nitrogens with zero attached hydrogens (tertiary/aromatic N) is 1. The van der Waals surface area contributed by atoms with Crippen LogP contribution >= 0.6 is 0 Å². The average Bonchev–Trinajstić information content (AvgIpc) is 2.34. The van der Waals surface area contributed by atoms with Gasteiger partial charge in [-0.1, -0.05) is 6.07 Å². The second kappa shape index (κ2) is 4.74. The molecule has 1 aromatic carbocycles. The van der Waals surface area contributed by atoms with Gasteiger partial charge in [0, 0.05) is 24.4 Å². The SMILES string of the molecule is Nc1ccc(C(=O)Cc2cccnc2)cc1F. The van der Waals surface area contributed by atoms with E-state index in [1.165, 1.54) is 12.1 Å². The van der Waals surface area contributed by atoms with Crippen LogP contribution < -0.4 is 5.73 Å². The van der Waals surface area contributed by atoms with Crippen LogP contribution in [0.4, 0.5) is 10.1 Å². The lowest BCUT2D eigenvalue weighted by atomic mass is 10.0. The average molecular weight is 230 g/mol. The van der Waals surface area contributed by atoms with Gasteiger partial charge in [0.25, 0.3) is 0 Å².